The van der Waals surface area contributed by atoms with Crippen molar-refractivity contribution in [3.05, 3.63) is 47.0 Å². The molecule has 1 saturated heterocycles. The van der Waals surface area contributed by atoms with Crippen LogP contribution in [0.4, 0.5) is 0 Å². The lowest BCUT2D eigenvalue weighted by Crippen LogP contribution is -2.46. The van der Waals surface area contributed by atoms with E-state index in [4.69, 9.17) is 9.47 Å². The maximum Gasteiger partial charge on any atom is 0.296 e. The van der Waals surface area contributed by atoms with Crippen molar-refractivity contribution in [2.45, 2.75) is 50.4 Å². The minimum atomic E-state index is -0.759. The third-order valence-electron chi connectivity index (χ3n) is 6.07. The average molecular weight is 338 g/mol. The summed E-state index contributed by atoms with van der Waals surface area (Å²) >= 11 is 0. The van der Waals surface area contributed by atoms with Gasteiger partial charge in [-0.25, -0.2) is 0 Å². The normalized spacial score (nSPS) is 29.8. The van der Waals surface area contributed by atoms with Crippen molar-refractivity contribution in [1.82, 2.24) is 4.90 Å². The Bertz CT molecular complexity index is 805. The Balaban J connectivity index is 1.31. The number of carbonyl (C=O) groups excluding carboxylic acids is 1. The van der Waals surface area contributed by atoms with Crippen LogP contribution in [-0.4, -0.2) is 35.5 Å². The minimum Gasteiger partial charge on any atom is -0.447 e. The van der Waals surface area contributed by atoms with E-state index in [0.29, 0.717) is 25.5 Å². The molecule has 1 aliphatic carbocycles. The van der Waals surface area contributed by atoms with Crippen LogP contribution in [-0.2, 0) is 26.5 Å². The maximum atomic E-state index is 12.4. The molecule has 1 unspecified atom stereocenters. The molecule has 4 aliphatic rings. The van der Waals surface area contributed by atoms with Gasteiger partial charge in [0.05, 0.1) is 12.2 Å². The Morgan fingerprint density at radius 2 is 1.96 bits per heavy atom. The van der Waals surface area contributed by atoms with E-state index in [-0.39, 0.29) is 11.5 Å². The maximum absolute atomic E-state index is 12.4. The van der Waals surface area contributed by atoms with Gasteiger partial charge >= 0.3 is 0 Å². The molecule has 130 valence electrons. The van der Waals surface area contributed by atoms with E-state index in [1.54, 1.807) is 0 Å². The summed E-state index contributed by atoms with van der Waals surface area (Å²) in [6.07, 6.45) is 5.17. The minimum absolute atomic E-state index is 0.127. The van der Waals surface area contributed by atoms with Gasteiger partial charge in [-0.15, -0.1) is 0 Å². The summed E-state index contributed by atoms with van der Waals surface area (Å²) in [4.78, 5) is 18.8. The monoisotopic (exact) mass is 338 g/mol. The Morgan fingerprint density at radius 1 is 1.16 bits per heavy atom. The summed E-state index contributed by atoms with van der Waals surface area (Å²) in [5.74, 6) is -0.127. The fourth-order valence-corrected chi connectivity index (χ4v) is 4.60. The largest absolute Gasteiger partial charge is 0.447 e. The van der Waals surface area contributed by atoms with Crippen LogP contribution >= 0.6 is 0 Å². The second-order valence-corrected chi connectivity index (χ2v) is 7.65. The van der Waals surface area contributed by atoms with Gasteiger partial charge in [-0.05, 0) is 30.9 Å². The van der Waals surface area contributed by atoms with Crippen molar-refractivity contribution >= 4 is 11.9 Å². The first-order valence-electron chi connectivity index (χ1n) is 9.05. The van der Waals surface area contributed by atoms with Crippen LogP contribution in [0, 0.1) is 0 Å². The number of carbonyl (C=O) groups is 1. The summed E-state index contributed by atoms with van der Waals surface area (Å²) in [7, 11) is 0. The van der Waals surface area contributed by atoms with Gasteiger partial charge in [0.25, 0.3) is 11.9 Å². The zero-order chi connectivity index (χ0) is 17.1. The number of ether oxygens (including phenoxy) is 2. The SMILES string of the molecule is CC1=CCC2(C1)OC(N1CCC3(CC1)OCc1ccccc13)=NC2=O. The zero-order valence-electron chi connectivity index (χ0n) is 14.5. The molecule has 3 heterocycles. The van der Waals surface area contributed by atoms with Crippen molar-refractivity contribution in [2.75, 3.05) is 13.1 Å². The van der Waals surface area contributed by atoms with E-state index >= 15 is 0 Å². The molecule has 1 aromatic carbocycles. The van der Waals surface area contributed by atoms with Crippen LogP contribution in [0.15, 0.2) is 40.9 Å². The summed E-state index contributed by atoms with van der Waals surface area (Å²) < 4.78 is 12.3. The Labute approximate surface area is 147 Å². The first-order valence-corrected chi connectivity index (χ1v) is 9.05. The van der Waals surface area contributed by atoms with Gasteiger partial charge in [0.1, 0.15) is 0 Å². The molecule has 1 atom stereocenters. The van der Waals surface area contributed by atoms with Gasteiger partial charge in [-0.3, -0.25) is 4.79 Å². The summed E-state index contributed by atoms with van der Waals surface area (Å²) in [5.41, 5.74) is 2.89. The molecule has 0 aromatic heterocycles. The number of nitrogens with zero attached hydrogens (tertiary/aromatic N) is 2. The average Bonchev–Trinajstić information content (AvgIpc) is 3.27. The molecular weight excluding hydrogens is 316 g/mol. The third-order valence-corrected chi connectivity index (χ3v) is 6.07. The number of rotatable bonds is 0. The predicted molar refractivity (Wildman–Crippen MR) is 93.0 cm³/mol. The van der Waals surface area contributed by atoms with E-state index in [1.807, 2.05) is 6.92 Å². The van der Waals surface area contributed by atoms with Gasteiger partial charge in [0, 0.05) is 25.9 Å². The molecule has 2 spiro atoms. The molecule has 0 saturated carbocycles. The quantitative estimate of drug-likeness (QED) is 0.683. The van der Waals surface area contributed by atoms with Crippen molar-refractivity contribution in [3.63, 3.8) is 0 Å². The number of hydrogen-bond acceptors (Lipinski definition) is 4. The fraction of sp³-hybridized carbons (Fsp3) is 0.500. The second kappa shape index (κ2) is 5.18. The van der Waals surface area contributed by atoms with E-state index in [0.717, 1.165) is 25.9 Å². The van der Waals surface area contributed by atoms with Crippen LogP contribution in [0.25, 0.3) is 0 Å². The molecule has 5 rings (SSSR count). The van der Waals surface area contributed by atoms with Gasteiger partial charge in [-0.2, -0.15) is 4.99 Å². The van der Waals surface area contributed by atoms with Gasteiger partial charge < -0.3 is 14.4 Å². The smallest absolute Gasteiger partial charge is 0.296 e. The predicted octanol–water partition coefficient (Wildman–Crippen LogP) is 2.90. The molecule has 0 radical (unpaired) electrons. The van der Waals surface area contributed by atoms with Crippen LogP contribution in [0.1, 0.15) is 43.7 Å². The Morgan fingerprint density at radius 3 is 2.72 bits per heavy atom. The number of fused-ring (bicyclic) bond motifs is 2. The number of amidine groups is 1. The lowest BCUT2D eigenvalue weighted by atomic mass is 9.84. The lowest BCUT2D eigenvalue weighted by Gasteiger charge is -2.39. The van der Waals surface area contributed by atoms with Crippen LogP contribution in [0.3, 0.4) is 0 Å². The molecule has 3 aliphatic heterocycles. The molecule has 0 N–H and O–H groups in total. The molecule has 25 heavy (non-hydrogen) atoms. The van der Waals surface area contributed by atoms with Crippen LogP contribution in [0.5, 0.6) is 0 Å². The van der Waals surface area contributed by atoms with E-state index in [2.05, 4.69) is 40.2 Å². The number of amides is 1. The second-order valence-electron chi connectivity index (χ2n) is 7.65. The van der Waals surface area contributed by atoms with Gasteiger partial charge in [0.15, 0.2) is 5.60 Å². The molecule has 5 nitrogen and oxygen atoms in total. The summed E-state index contributed by atoms with van der Waals surface area (Å²) in [5, 5.41) is 0. The molecule has 5 heteroatoms. The molecule has 1 fully saturated rings. The Hall–Kier alpha value is -2.14. The molecular formula is C20H22N2O3. The van der Waals surface area contributed by atoms with Crippen molar-refractivity contribution < 1.29 is 14.3 Å². The standard InChI is InChI=1S/C20H22N2O3/c1-14-6-7-20(12-14)17(23)21-18(25-20)22-10-8-19(9-11-22)16-5-3-2-4-15(16)13-24-19/h2-6H,7-13H2,1H3. The lowest BCUT2D eigenvalue weighted by molar-refractivity contribution is -0.130. The highest BCUT2D eigenvalue weighted by atomic mass is 16.5. The van der Waals surface area contributed by atoms with Crippen LogP contribution in [0.2, 0.25) is 0 Å². The highest BCUT2D eigenvalue weighted by molar-refractivity contribution is 6.02. The summed E-state index contributed by atoms with van der Waals surface area (Å²) in [6, 6.07) is 9.00. The number of likely N-dealkylation sites (tertiary alicyclic amines) is 1. The number of piperidine rings is 1. The number of benzene rings is 1. The topological polar surface area (TPSA) is 51.1 Å². The van der Waals surface area contributed by atoms with Crippen molar-refractivity contribution in [2.24, 2.45) is 4.99 Å². The first kappa shape index (κ1) is 15.1. The highest BCUT2D eigenvalue weighted by Gasteiger charge is 2.51. The van der Waals surface area contributed by atoms with Crippen molar-refractivity contribution in [3.8, 4) is 0 Å². The Kier molecular flexibility index (Phi) is 3.14. The molecule has 1 aromatic rings. The van der Waals surface area contributed by atoms with Crippen molar-refractivity contribution in [1.29, 1.82) is 0 Å². The van der Waals surface area contributed by atoms with Gasteiger partial charge in [0.2, 0.25) is 0 Å². The number of aliphatic imine (C=N–C) groups is 1. The van der Waals surface area contributed by atoms with E-state index in [1.165, 1.54) is 16.7 Å². The first-order chi connectivity index (χ1) is 12.1. The van der Waals surface area contributed by atoms with Gasteiger partial charge in [-0.1, -0.05) is 35.9 Å². The molecule has 1 amide bonds. The van der Waals surface area contributed by atoms with Crippen LogP contribution < -0.4 is 0 Å². The fourth-order valence-electron chi connectivity index (χ4n) is 4.60. The molecule has 0 bridgehead atoms. The zero-order valence-corrected chi connectivity index (χ0v) is 14.5. The summed E-state index contributed by atoms with van der Waals surface area (Å²) in [6.45, 7) is 4.33. The van der Waals surface area contributed by atoms with E-state index in [9.17, 15) is 4.79 Å². The third kappa shape index (κ3) is 2.18. The number of hydrogen-bond donors (Lipinski definition) is 0. The van der Waals surface area contributed by atoms with E-state index < -0.39 is 5.60 Å². The highest BCUT2D eigenvalue weighted by Crippen LogP contribution is 2.45.